The van der Waals surface area contributed by atoms with Gasteiger partial charge in [0.15, 0.2) is 0 Å². The molecule has 0 fully saturated rings. The van der Waals surface area contributed by atoms with Crippen LogP contribution in [0.3, 0.4) is 0 Å². The molecule has 2 aliphatic heterocycles. The van der Waals surface area contributed by atoms with Gasteiger partial charge in [0.2, 0.25) is 6.79 Å². The summed E-state index contributed by atoms with van der Waals surface area (Å²) in [7, 11) is 0. The van der Waals surface area contributed by atoms with E-state index >= 15 is 0 Å². The highest BCUT2D eigenvalue weighted by Crippen LogP contribution is 2.32. The predicted molar refractivity (Wildman–Crippen MR) is 102 cm³/mol. The Balaban J connectivity index is 1.50. The second kappa shape index (κ2) is 7.43. The summed E-state index contributed by atoms with van der Waals surface area (Å²) in [6, 6.07) is 13.1. The summed E-state index contributed by atoms with van der Waals surface area (Å²) in [5.41, 5.74) is 0.581. The van der Waals surface area contributed by atoms with Crippen molar-refractivity contribution in [3.05, 3.63) is 72.8 Å². The fourth-order valence-corrected chi connectivity index (χ4v) is 2.96. The Morgan fingerprint density at radius 2 is 0.897 bits per heavy atom. The lowest BCUT2D eigenvalue weighted by Gasteiger charge is -2.20. The first-order chi connectivity index (χ1) is 14.1. The normalized spacial score (nSPS) is 15.6. The van der Waals surface area contributed by atoms with E-state index in [2.05, 4.69) is 0 Å². The first-order valence-electron chi connectivity index (χ1n) is 8.62. The summed E-state index contributed by atoms with van der Waals surface area (Å²) in [4.78, 5) is 49.8. The maximum absolute atomic E-state index is 11.9. The van der Waals surface area contributed by atoms with Gasteiger partial charge in [-0.05, 0) is 24.3 Å². The molecule has 0 aromatic heterocycles. The molecule has 0 unspecified atom stereocenters. The van der Waals surface area contributed by atoms with Crippen molar-refractivity contribution < 1.29 is 28.7 Å². The third-order valence-electron chi connectivity index (χ3n) is 4.26. The molecular formula is C21H14N2O6. The summed E-state index contributed by atoms with van der Waals surface area (Å²) in [5.74, 6) is -1.31. The molecule has 0 aliphatic carbocycles. The summed E-state index contributed by atoms with van der Waals surface area (Å²) >= 11 is 0. The molecule has 29 heavy (non-hydrogen) atoms. The Kier molecular flexibility index (Phi) is 4.66. The molecule has 2 aromatic rings. The molecular weight excluding hydrogens is 376 g/mol. The standard InChI is InChI=1S/C21H14N2O6/c24-18-9-10-19(25)22(18)14-5-1-3-7-16(14)28-13-29-17-8-4-2-6-15(17)23-20(26)11-12-21(23)27/h1-12H,13H2. The second-order valence-electron chi connectivity index (χ2n) is 6.03. The molecule has 144 valence electrons. The van der Waals surface area contributed by atoms with E-state index < -0.39 is 23.6 Å². The van der Waals surface area contributed by atoms with E-state index in [1.165, 1.54) is 24.3 Å². The minimum absolute atomic E-state index is 0.269. The highest BCUT2D eigenvalue weighted by atomic mass is 16.7. The van der Waals surface area contributed by atoms with E-state index in [-0.39, 0.29) is 18.3 Å². The topological polar surface area (TPSA) is 93.2 Å². The maximum Gasteiger partial charge on any atom is 0.258 e. The van der Waals surface area contributed by atoms with Crippen molar-refractivity contribution in [1.82, 2.24) is 0 Å². The van der Waals surface area contributed by atoms with E-state index in [4.69, 9.17) is 9.47 Å². The number of benzene rings is 2. The monoisotopic (exact) mass is 390 g/mol. The number of para-hydroxylation sites is 4. The molecule has 2 heterocycles. The zero-order valence-electron chi connectivity index (χ0n) is 15.0. The van der Waals surface area contributed by atoms with E-state index in [1.807, 2.05) is 0 Å². The van der Waals surface area contributed by atoms with Crippen molar-refractivity contribution in [1.29, 1.82) is 0 Å². The molecule has 0 atom stereocenters. The van der Waals surface area contributed by atoms with Crippen molar-refractivity contribution in [2.24, 2.45) is 0 Å². The van der Waals surface area contributed by atoms with Gasteiger partial charge in [-0.15, -0.1) is 0 Å². The lowest BCUT2D eigenvalue weighted by atomic mass is 10.2. The predicted octanol–water partition coefficient (Wildman–Crippen LogP) is 1.96. The minimum atomic E-state index is -0.462. The van der Waals surface area contributed by atoms with Crippen molar-refractivity contribution in [3.63, 3.8) is 0 Å². The SMILES string of the molecule is O=C1C=CC(=O)N1c1ccccc1OCOc1ccccc1N1C(=O)C=CC1=O. The Bertz CT molecular complexity index is 967. The number of imide groups is 2. The van der Waals surface area contributed by atoms with Crippen molar-refractivity contribution in [2.45, 2.75) is 0 Å². The highest BCUT2D eigenvalue weighted by molar-refractivity contribution is 6.29. The molecule has 4 rings (SSSR count). The first-order valence-corrected chi connectivity index (χ1v) is 8.62. The van der Waals surface area contributed by atoms with Gasteiger partial charge >= 0.3 is 0 Å². The van der Waals surface area contributed by atoms with E-state index in [0.29, 0.717) is 11.4 Å². The van der Waals surface area contributed by atoms with Crippen LogP contribution in [-0.2, 0) is 19.2 Å². The van der Waals surface area contributed by atoms with Gasteiger partial charge in [0, 0.05) is 24.3 Å². The van der Waals surface area contributed by atoms with Crippen LogP contribution in [0.15, 0.2) is 72.8 Å². The molecule has 0 saturated heterocycles. The molecule has 0 N–H and O–H groups in total. The second-order valence-corrected chi connectivity index (χ2v) is 6.03. The van der Waals surface area contributed by atoms with Crippen molar-refractivity contribution in [2.75, 3.05) is 16.6 Å². The zero-order valence-corrected chi connectivity index (χ0v) is 15.0. The molecule has 8 heteroatoms. The number of nitrogens with zero attached hydrogens (tertiary/aromatic N) is 2. The van der Waals surface area contributed by atoms with Crippen molar-refractivity contribution >= 4 is 35.0 Å². The molecule has 2 aliphatic rings. The Labute approximate surface area is 165 Å². The van der Waals surface area contributed by atoms with Crippen LogP contribution in [-0.4, -0.2) is 30.4 Å². The lowest BCUT2D eigenvalue weighted by molar-refractivity contribution is -0.121. The van der Waals surface area contributed by atoms with Crippen LogP contribution in [0.5, 0.6) is 11.5 Å². The number of amides is 4. The van der Waals surface area contributed by atoms with Gasteiger partial charge in [0.1, 0.15) is 11.5 Å². The molecule has 0 bridgehead atoms. The third kappa shape index (κ3) is 3.39. The van der Waals surface area contributed by atoms with Crippen molar-refractivity contribution in [3.8, 4) is 11.5 Å². The summed E-state index contributed by atoms with van der Waals surface area (Å²) in [6.07, 6.45) is 4.74. The lowest BCUT2D eigenvalue weighted by Crippen LogP contribution is -2.30. The summed E-state index contributed by atoms with van der Waals surface area (Å²) in [5, 5.41) is 0. The molecule has 0 radical (unpaired) electrons. The third-order valence-corrected chi connectivity index (χ3v) is 4.26. The molecule has 4 amide bonds. The van der Waals surface area contributed by atoms with Crippen LogP contribution >= 0.6 is 0 Å². The summed E-state index contributed by atoms with van der Waals surface area (Å²) < 4.78 is 11.2. The van der Waals surface area contributed by atoms with Crippen LogP contribution in [0.4, 0.5) is 11.4 Å². The molecule has 0 saturated carbocycles. The average Bonchev–Trinajstić information content (AvgIpc) is 3.23. The van der Waals surface area contributed by atoms with E-state index in [9.17, 15) is 19.2 Å². The zero-order chi connectivity index (χ0) is 20.4. The van der Waals surface area contributed by atoms with Gasteiger partial charge in [-0.1, -0.05) is 24.3 Å². The highest BCUT2D eigenvalue weighted by Gasteiger charge is 2.29. The Morgan fingerprint density at radius 1 is 0.552 bits per heavy atom. The van der Waals surface area contributed by atoms with Crippen LogP contribution < -0.4 is 19.3 Å². The molecule has 8 nitrogen and oxygen atoms in total. The maximum atomic E-state index is 11.9. The average molecular weight is 390 g/mol. The van der Waals surface area contributed by atoms with Gasteiger partial charge in [-0.3, -0.25) is 19.2 Å². The van der Waals surface area contributed by atoms with Gasteiger partial charge < -0.3 is 9.47 Å². The van der Waals surface area contributed by atoms with E-state index in [0.717, 1.165) is 9.80 Å². The van der Waals surface area contributed by atoms with Crippen LogP contribution in [0.1, 0.15) is 0 Å². The number of hydrogen-bond donors (Lipinski definition) is 0. The fourth-order valence-electron chi connectivity index (χ4n) is 2.96. The Hall–Kier alpha value is -4.20. The number of carbonyl (C=O) groups is 4. The van der Waals surface area contributed by atoms with Gasteiger partial charge in [0.25, 0.3) is 23.6 Å². The quantitative estimate of drug-likeness (QED) is 0.553. The van der Waals surface area contributed by atoms with Gasteiger partial charge in [0.05, 0.1) is 11.4 Å². The fraction of sp³-hybridized carbons (Fsp3) is 0.0476. The van der Waals surface area contributed by atoms with Crippen LogP contribution in [0.2, 0.25) is 0 Å². The smallest absolute Gasteiger partial charge is 0.258 e. The number of ether oxygens (including phenoxy) is 2. The minimum Gasteiger partial charge on any atom is -0.455 e. The van der Waals surface area contributed by atoms with Gasteiger partial charge in [-0.2, -0.15) is 0 Å². The Morgan fingerprint density at radius 3 is 1.28 bits per heavy atom. The molecule has 2 aromatic carbocycles. The summed E-state index contributed by atoms with van der Waals surface area (Å²) in [6.45, 7) is -0.276. The van der Waals surface area contributed by atoms with E-state index in [1.54, 1.807) is 48.5 Å². The van der Waals surface area contributed by atoms with Crippen LogP contribution in [0.25, 0.3) is 0 Å². The largest absolute Gasteiger partial charge is 0.455 e. The number of carbonyl (C=O) groups excluding carboxylic acids is 4. The van der Waals surface area contributed by atoms with Gasteiger partial charge in [-0.25, -0.2) is 9.80 Å². The first kappa shape index (κ1) is 18.2. The van der Waals surface area contributed by atoms with Crippen LogP contribution in [0, 0.1) is 0 Å². The molecule has 0 spiro atoms. The number of rotatable bonds is 6. The number of anilines is 2. The number of hydrogen-bond acceptors (Lipinski definition) is 6.